The van der Waals surface area contributed by atoms with Gasteiger partial charge in [-0.1, -0.05) is 6.07 Å². The number of alkyl halides is 2. The molecule has 1 aromatic carbocycles. The zero-order chi connectivity index (χ0) is 11.7. The van der Waals surface area contributed by atoms with Crippen LogP contribution in [0.1, 0.15) is 9.80 Å². The Kier molecular flexibility index (Phi) is 2.69. The normalized spacial score (nSPS) is 10.9. The molecule has 2 aromatic rings. The van der Waals surface area contributed by atoms with Gasteiger partial charge in [0, 0.05) is 0 Å². The summed E-state index contributed by atoms with van der Waals surface area (Å²) < 4.78 is 28.8. The second kappa shape index (κ2) is 4.01. The lowest BCUT2D eigenvalue weighted by Crippen LogP contribution is -2.02. The highest BCUT2D eigenvalue weighted by molar-refractivity contribution is 7.20. The Balaban J connectivity index is 2.54. The van der Waals surface area contributed by atoms with Crippen molar-refractivity contribution in [3.05, 3.63) is 23.2 Å². The fraction of sp³-hybridized carbons (Fsp3) is 0.111. The minimum Gasteiger partial charge on any atom is -0.476 e. The van der Waals surface area contributed by atoms with Crippen molar-refractivity contribution in [3.8, 4) is 5.75 Å². The van der Waals surface area contributed by atoms with Crippen molar-refractivity contribution in [2.75, 3.05) is 0 Å². The summed E-state index contributed by atoms with van der Waals surface area (Å²) in [5, 5.41) is 8.57. The Hall–Kier alpha value is -1.76. The smallest absolute Gasteiger partial charge is 0.387 e. The zero-order valence-corrected chi connectivity index (χ0v) is 8.50. The van der Waals surface area contributed by atoms with E-state index in [2.05, 4.69) is 9.72 Å². The molecule has 0 aliphatic carbocycles. The van der Waals surface area contributed by atoms with Crippen LogP contribution in [-0.4, -0.2) is 22.7 Å². The van der Waals surface area contributed by atoms with Gasteiger partial charge < -0.3 is 9.84 Å². The number of carboxylic acid groups (broad SMARTS) is 1. The average Bonchev–Trinajstić information content (AvgIpc) is 2.61. The van der Waals surface area contributed by atoms with Gasteiger partial charge in [-0.2, -0.15) is 8.78 Å². The fourth-order valence-corrected chi connectivity index (χ4v) is 2.03. The van der Waals surface area contributed by atoms with Crippen LogP contribution in [0, 0.1) is 0 Å². The third kappa shape index (κ3) is 1.94. The largest absolute Gasteiger partial charge is 0.476 e. The van der Waals surface area contributed by atoms with Gasteiger partial charge in [0.1, 0.15) is 5.52 Å². The van der Waals surface area contributed by atoms with E-state index < -0.39 is 12.6 Å². The Labute approximate surface area is 92.1 Å². The topological polar surface area (TPSA) is 59.4 Å². The van der Waals surface area contributed by atoms with Gasteiger partial charge in [0.05, 0.1) is 4.70 Å². The minimum absolute atomic E-state index is 0.115. The number of halogens is 2. The standard InChI is InChI=1S/C9H5F2NO3S/c10-9(11)15-4-2-1-3-5-6(4)12-7(16-5)8(13)14/h1-3,9H,(H,13,14). The minimum atomic E-state index is -2.96. The number of carbonyl (C=O) groups is 1. The first kappa shape index (κ1) is 10.7. The van der Waals surface area contributed by atoms with Crippen LogP contribution in [0.25, 0.3) is 10.2 Å². The van der Waals surface area contributed by atoms with E-state index in [1.165, 1.54) is 12.1 Å². The summed E-state index contributed by atoms with van der Waals surface area (Å²) in [6.45, 7) is -2.96. The van der Waals surface area contributed by atoms with E-state index in [0.717, 1.165) is 11.3 Å². The Bertz CT molecular complexity index is 541. The van der Waals surface area contributed by atoms with Crippen LogP contribution in [0.4, 0.5) is 8.78 Å². The van der Waals surface area contributed by atoms with Crippen molar-refractivity contribution < 1.29 is 23.4 Å². The zero-order valence-electron chi connectivity index (χ0n) is 7.68. The van der Waals surface area contributed by atoms with Crippen molar-refractivity contribution in [1.29, 1.82) is 0 Å². The molecule has 0 bridgehead atoms. The molecule has 0 saturated carbocycles. The van der Waals surface area contributed by atoms with E-state index in [4.69, 9.17) is 5.11 Å². The van der Waals surface area contributed by atoms with Crippen LogP contribution in [0.2, 0.25) is 0 Å². The molecule has 0 unspecified atom stereocenters. The van der Waals surface area contributed by atoms with Crippen molar-refractivity contribution in [1.82, 2.24) is 4.98 Å². The first-order chi connectivity index (χ1) is 7.58. The summed E-state index contributed by atoms with van der Waals surface area (Å²) >= 11 is 0.911. The number of hydrogen-bond acceptors (Lipinski definition) is 4. The molecule has 0 spiro atoms. The van der Waals surface area contributed by atoms with E-state index in [0.29, 0.717) is 4.70 Å². The summed E-state index contributed by atoms with van der Waals surface area (Å²) in [5.41, 5.74) is 0.144. The lowest BCUT2D eigenvalue weighted by Gasteiger charge is -2.03. The Morgan fingerprint density at radius 3 is 2.88 bits per heavy atom. The third-order valence-corrected chi connectivity index (χ3v) is 2.79. The number of fused-ring (bicyclic) bond motifs is 1. The number of aromatic carboxylic acids is 1. The van der Waals surface area contributed by atoms with E-state index in [9.17, 15) is 13.6 Å². The van der Waals surface area contributed by atoms with Crippen molar-refractivity contribution in [2.45, 2.75) is 6.61 Å². The van der Waals surface area contributed by atoms with Gasteiger partial charge in [-0.25, -0.2) is 9.78 Å². The molecule has 1 aromatic heterocycles. The lowest BCUT2D eigenvalue weighted by atomic mass is 10.3. The Morgan fingerprint density at radius 1 is 1.50 bits per heavy atom. The first-order valence-corrected chi connectivity index (χ1v) is 4.97. The fourth-order valence-electron chi connectivity index (χ4n) is 1.21. The first-order valence-electron chi connectivity index (χ1n) is 4.15. The van der Waals surface area contributed by atoms with E-state index in [1.54, 1.807) is 6.07 Å². The predicted octanol–water partition coefficient (Wildman–Crippen LogP) is 2.60. The molecule has 1 heterocycles. The third-order valence-electron chi connectivity index (χ3n) is 1.78. The molecule has 0 radical (unpaired) electrons. The number of thiazole rings is 1. The summed E-state index contributed by atoms with van der Waals surface area (Å²) in [4.78, 5) is 14.4. The molecular formula is C9H5F2NO3S. The summed E-state index contributed by atoms with van der Waals surface area (Å²) in [5.74, 6) is -1.31. The van der Waals surface area contributed by atoms with Gasteiger partial charge in [-0.15, -0.1) is 11.3 Å². The van der Waals surface area contributed by atoms with Crippen molar-refractivity contribution >= 4 is 27.5 Å². The molecule has 84 valence electrons. The molecule has 0 saturated heterocycles. The second-order valence-electron chi connectivity index (χ2n) is 2.81. The highest BCUT2D eigenvalue weighted by atomic mass is 32.1. The summed E-state index contributed by atoms with van der Waals surface area (Å²) in [6, 6.07) is 4.42. The number of rotatable bonds is 3. The molecule has 4 nitrogen and oxygen atoms in total. The molecule has 0 fully saturated rings. The lowest BCUT2D eigenvalue weighted by molar-refractivity contribution is -0.0489. The van der Waals surface area contributed by atoms with Crippen LogP contribution < -0.4 is 4.74 Å². The second-order valence-corrected chi connectivity index (χ2v) is 3.84. The van der Waals surface area contributed by atoms with Gasteiger partial charge in [-0.3, -0.25) is 0 Å². The van der Waals surface area contributed by atoms with Crippen LogP contribution in [0.15, 0.2) is 18.2 Å². The van der Waals surface area contributed by atoms with Crippen molar-refractivity contribution in [3.63, 3.8) is 0 Å². The molecule has 0 aliphatic heterocycles. The number of aromatic nitrogens is 1. The molecule has 0 aliphatic rings. The van der Waals surface area contributed by atoms with Crippen LogP contribution in [0.3, 0.4) is 0 Å². The molecule has 7 heteroatoms. The summed E-state index contributed by atoms with van der Waals surface area (Å²) in [6.07, 6.45) is 0. The van der Waals surface area contributed by atoms with Crippen LogP contribution >= 0.6 is 11.3 Å². The monoisotopic (exact) mass is 245 g/mol. The molecule has 16 heavy (non-hydrogen) atoms. The maximum absolute atomic E-state index is 12.1. The molecular weight excluding hydrogens is 240 g/mol. The molecule has 1 N–H and O–H groups in total. The van der Waals surface area contributed by atoms with Crippen molar-refractivity contribution in [2.24, 2.45) is 0 Å². The maximum atomic E-state index is 12.1. The number of para-hydroxylation sites is 1. The van der Waals surface area contributed by atoms with Gasteiger partial charge in [0.2, 0.25) is 5.01 Å². The Morgan fingerprint density at radius 2 is 2.25 bits per heavy atom. The number of carboxylic acids is 1. The van der Waals surface area contributed by atoms with Gasteiger partial charge >= 0.3 is 12.6 Å². The highest BCUT2D eigenvalue weighted by Crippen LogP contribution is 2.30. The average molecular weight is 245 g/mol. The van der Waals surface area contributed by atoms with Crippen LogP contribution in [-0.2, 0) is 0 Å². The number of benzene rings is 1. The number of hydrogen-bond donors (Lipinski definition) is 1. The van der Waals surface area contributed by atoms with Crippen LogP contribution in [0.5, 0.6) is 5.75 Å². The van der Waals surface area contributed by atoms with E-state index in [1.807, 2.05) is 0 Å². The molecule has 0 atom stereocenters. The predicted molar refractivity (Wildman–Crippen MR) is 53.2 cm³/mol. The maximum Gasteiger partial charge on any atom is 0.387 e. The SMILES string of the molecule is O=C(O)c1nc2c(OC(F)F)cccc2s1. The highest BCUT2D eigenvalue weighted by Gasteiger charge is 2.15. The number of ether oxygens (including phenoxy) is 1. The van der Waals surface area contributed by atoms with E-state index in [-0.39, 0.29) is 16.3 Å². The van der Waals surface area contributed by atoms with Gasteiger partial charge in [-0.05, 0) is 12.1 Å². The van der Waals surface area contributed by atoms with Gasteiger partial charge in [0.25, 0.3) is 0 Å². The molecule has 0 amide bonds. The van der Waals surface area contributed by atoms with E-state index >= 15 is 0 Å². The van der Waals surface area contributed by atoms with Gasteiger partial charge in [0.15, 0.2) is 5.75 Å². The number of nitrogens with zero attached hydrogens (tertiary/aromatic N) is 1. The summed E-state index contributed by atoms with van der Waals surface area (Å²) in [7, 11) is 0. The molecule has 2 rings (SSSR count). The quantitative estimate of drug-likeness (QED) is 0.902.